The third-order valence-electron chi connectivity index (χ3n) is 7.08. The zero-order chi connectivity index (χ0) is 42.6. The lowest BCUT2D eigenvalue weighted by atomic mass is 10.0. The molecule has 1 aromatic heterocycles. The molecule has 0 aliphatic carbocycles. The number of azo groups is 1. The normalized spacial score (nSPS) is 12.9. The maximum atomic E-state index is 12.5. The summed E-state index contributed by atoms with van der Waals surface area (Å²) in [5.74, 6) is -1.60. The van der Waals surface area contributed by atoms with Crippen molar-refractivity contribution in [3.05, 3.63) is 59.1 Å². The van der Waals surface area contributed by atoms with Crippen molar-refractivity contribution in [2.45, 2.75) is 24.5 Å². The molecule has 0 saturated heterocycles. The van der Waals surface area contributed by atoms with E-state index in [0.29, 0.717) is 30.3 Å². The van der Waals surface area contributed by atoms with E-state index in [2.05, 4.69) is 35.9 Å². The molecule has 1 heterocycles. The van der Waals surface area contributed by atoms with Crippen LogP contribution in [0.25, 0.3) is 10.8 Å². The lowest BCUT2D eigenvalue weighted by Gasteiger charge is -2.19. The van der Waals surface area contributed by atoms with E-state index in [9.17, 15) is 70.0 Å². The van der Waals surface area contributed by atoms with Crippen LogP contribution in [0.4, 0.5) is 40.1 Å². The molecular weight excluding hydrogens is 914 g/mol. The molecule has 57 heavy (non-hydrogen) atoms. The number of nitrogens with one attached hydrogen (secondary N) is 3. The third-order valence-corrected chi connectivity index (χ3v) is 11.8. The Labute approximate surface area is 329 Å². The summed E-state index contributed by atoms with van der Waals surface area (Å²) in [6, 6.07) is 5.29. The minimum Gasteiger partial charge on any atom is -0.505 e. The summed E-state index contributed by atoms with van der Waals surface area (Å²) in [5.41, 5.74) is 5.44. The van der Waals surface area contributed by atoms with Gasteiger partial charge in [0.05, 0.1) is 27.3 Å². The second-order valence-electron chi connectivity index (χ2n) is 10.8. The molecule has 0 saturated carbocycles. The van der Waals surface area contributed by atoms with E-state index in [1.165, 1.54) is 0 Å². The minimum atomic E-state index is -5.47. The van der Waals surface area contributed by atoms with Crippen molar-refractivity contribution in [1.29, 1.82) is 0 Å². The second-order valence-corrected chi connectivity index (χ2v) is 18.5. The Morgan fingerprint density at radius 2 is 1.16 bits per heavy atom. The molecule has 0 atom stereocenters. The van der Waals surface area contributed by atoms with Gasteiger partial charge < -0.3 is 16.2 Å². The molecule has 0 amide bonds. The predicted molar refractivity (Wildman–Crippen MR) is 197 cm³/mol. The van der Waals surface area contributed by atoms with Crippen LogP contribution in [0, 0.1) is 0 Å². The quantitative estimate of drug-likeness (QED) is 0.0370. The molecule has 5 aromatic rings. The summed E-state index contributed by atoms with van der Waals surface area (Å²) >= 11 is 11.5. The standard InChI is InChI=1S/C25H19Cl2N9O16S5/c26-23-30-24(27)32-25(31-23)29-10-1-3-14(54(41,42)43)12(7-10)33-36-21-17(57(50,51)52)6-9-5-16(56(47,48)49)20(19(28)18(9)22(21)37)35-34-13-8-11(53(38,39)40)2-4-15(13)55(44,45)46/h1-8,34-35,37H,28H2,(H,38,39,40)(H,41,42,43)(H,44,45,46)(H,47,48,49)(H,50,51,52)(H,29,30,31,32). The fraction of sp³-hybridized carbons (Fsp3) is 0. The van der Waals surface area contributed by atoms with E-state index in [1.54, 1.807) is 0 Å². The van der Waals surface area contributed by atoms with E-state index < -0.39 is 120 Å². The minimum absolute atomic E-state index is 0.0862. The summed E-state index contributed by atoms with van der Waals surface area (Å²) in [7, 11) is -26.2. The Morgan fingerprint density at radius 3 is 1.70 bits per heavy atom. The lowest BCUT2D eigenvalue weighted by molar-refractivity contribution is 0.472. The van der Waals surface area contributed by atoms with Crippen molar-refractivity contribution in [3.8, 4) is 5.75 Å². The molecule has 0 radical (unpaired) electrons. The van der Waals surface area contributed by atoms with Gasteiger partial charge in [-0.3, -0.25) is 33.6 Å². The molecule has 4 aromatic carbocycles. The predicted octanol–water partition coefficient (Wildman–Crippen LogP) is 3.45. The Morgan fingerprint density at radius 1 is 0.614 bits per heavy atom. The molecule has 5 rings (SSSR count). The highest BCUT2D eigenvalue weighted by Gasteiger charge is 2.29. The molecule has 0 aliphatic rings. The van der Waals surface area contributed by atoms with Crippen LogP contribution in [-0.2, 0) is 50.6 Å². The third kappa shape index (κ3) is 9.54. The fourth-order valence-electron chi connectivity index (χ4n) is 4.78. The maximum absolute atomic E-state index is 12.5. The number of hydrogen-bond donors (Lipinski definition) is 10. The number of aromatic hydroxyl groups is 1. The molecule has 0 fully saturated rings. The number of fused-ring (bicyclic) bond motifs is 1. The highest BCUT2D eigenvalue weighted by Crippen LogP contribution is 2.47. The first-order chi connectivity index (χ1) is 26.1. The fourth-order valence-corrected chi connectivity index (χ4v) is 8.23. The summed E-state index contributed by atoms with van der Waals surface area (Å²) in [6.07, 6.45) is 0. The number of anilines is 5. The van der Waals surface area contributed by atoms with Crippen LogP contribution in [0.3, 0.4) is 0 Å². The van der Waals surface area contributed by atoms with Gasteiger partial charge in [-0.15, -0.1) is 10.2 Å². The first kappa shape index (κ1) is 43.0. The molecule has 11 N–H and O–H groups in total. The van der Waals surface area contributed by atoms with Gasteiger partial charge in [0.2, 0.25) is 16.5 Å². The van der Waals surface area contributed by atoms with Crippen LogP contribution in [-0.4, -0.2) is 84.9 Å². The van der Waals surface area contributed by atoms with E-state index in [4.69, 9.17) is 28.9 Å². The van der Waals surface area contributed by atoms with Gasteiger partial charge in [0.15, 0.2) is 5.75 Å². The summed E-state index contributed by atoms with van der Waals surface area (Å²) in [5, 5.41) is 19.0. The molecule has 0 spiro atoms. The lowest BCUT2D eigenvalue weighted by Crippen LogP contribution is -2.17. The van der Waals surface area contributed by atoms with E-state index >= 15 is 0 Å². The van der Waals surface area contributed by atoms with Gasteiger partial charge in [0, 0.05) is 5.69 Å². The van der Waals surface area contributed by atoms with Crippen LogP contribution in [0.1, 0.15) is 0 Å². The van der Waals surface area contributed by atoms with Gasteiger partial charge >= 0.3 is 0 Å². The van der Waals surface area contributed by atoms with Crippen molar-refractivity contribution in [1.82, 2.24) is 15.0 Å². The maximum Gasteiger partial charge on any atom is 0.296 e. The van der Waals surface area contributed by atoms with E-state index in [0.717, 1.165) is 18.2 Å². The Balaban J connectivity index is 1.73. The second kappa shape index (κ2) is 15.0. The molecule has 0 unspecified atom stereocenters. The van der Waals surface area contributed by atoms with Gasteiger partial charge in [0.25, 0.3) is 50.6 Å². The number of phenols is 1. The summed E-state index contributed by atoms with van der Waals surface area (Å²) in [4.78, 5) is 5.57. The molecular formula is C25H19Cl2N9O16S5. The Kier molecular flexibility index (Phi) is 11.3. The van der Waals surface area contributed by atoms with E-state index in [1.807, 2.05) is 5.43 Å². The largest absolute Gasteiger partial charge is 0.505 e. The number of nitrogens with two attached hydrogens (primary N) is 1. The number of hydrogen-bond acceptors (Lipinski definition) is 20. The van der Waals surface area contributed by atoms with Gasteiger partial charge in [-0.05, 0) is 77.1 Å². The summed E-state index contributed by atoms with van der Waals surface area (Å²) < 4.78 is 171. The zero-order valence-corrected chi connectivity index (χ0v) is 32.6. The molecule has 304 valence electrons. The average Bonchev–Trinajstić information content (AvgIpc) is 3.04. The van der Waals surface area contributed by atoms with Crippen LogP contribution in [0.2, 0.25) is 10.6 Å². The van der Waals surface area contributed by atoms with Crippen LogP contribution in [0.5, 0.6) is 5.75 Å². The molecule has 0 aliphatic heterocycles. The molecule has 0 bridgehead atoms. The SMILES string of the molecule is Nc1c(NNc2cc(S(=O)(=O)O)ccc2S(=O)(=O)O)c(S(=O)(=O)O)cc2cc(S(=O)(=O)O)c(N=Nc3cc(Nc4nc(Cl)nc(Cl)n4)ccc3S(=O)(=O)O)c(O)c12. The number of nitrogen functional groups attached to an aromatic ring is 1. The Bertz CT molecular complexity index is 3120. The summed E-state index contributed by atoms with van der Waals surface area (Å²) in [6.45, 7) is 0. The van der Waals surface area contributed by atoms with Gasteiger partial charge in [-0.25, -0.2) is 0 Å². The van der Waals surface area contributed by atoms with Crippen LogP contribution >= 0.6 is 23.2 Å². The monoisotopic (exact) mass is 931 g/mol. The van der Waals surface area contributed by atoms with Crippen molar-refractivity contribution in [3.63, 3.8) is 0 Å². The number of hydrazine groups is 1. The van der Waals surface area contributed by atoms with Gasteiger partial charge in [0.1, 0.15) is 31.0 Å². The zero-order valence-electron chi connectivity index (χ0n) is 27.0. The molecule has 32 heteroatoms. The number of rotatable bonds is 12. The van der Waals surface area contributed by atoms with Crippen molar-refractivity contribution in [2.24, 2.45) is 10.2 Å². The van der Waals surface area contributed by atoms with Crippen molar-refractivity contribution < 1.29 is 70.0 Å². The molecule has 25 nitrogen and oxygen atoms in total. The number of benzene rings is 4. The highest BCUT2D eigenvalue weighted by atomic mass is 35.5. The first-order valence-electron chi connectivity index (χ1n) is 14.1. The van der Waals surface area contributed by atoms with Crippen molar-refractivity contribution in [2.75, 3.05) is 21.9 Å². The van der Waals surface area contributed by atoms with Crippen LogP contribution in [0.15, 0.2) is 83.2 Å². The van der Waals surface area contributed by atoms with Crippen LogP contribution < -0.4 is 21.9 Å². The number of aromatic nitrogens is 3. The topological polar surface area (TPSA) is 418 Å². The Hall–Kier alpha value is -5.12. The van der Waals surface area contributed by atoms with Gasteiger partial charge in [-0.2, -0.15) is 57.0 Å². The van der Waals surface area contributed by atoms with E-state index in [-0.39, 0.29) is 22.2 Å². The van der Waals surface area contributed by atoms with Crippen molar-refractivity contribution >= 4 is 125 Å². The number of phenolic OH excluding ortho intramolecular Hbond substituents is 1. The number of halogens is 2. The van der Waals surface area contributed by atoms with Gasteiger partial charge in [-0.1, -0.05) is 0 Å². The number of nitrogens with zero attached hydrogens (tertiary/aromatic N) is 5. The average molecular weight is 933 g/mol. The highest BCUT2D eigenvalue weighted by molar-refractivity contribution is 7.87. The smallest absolute Gasteiger partial charge is 0.296 e. The first-order valence-corrected chi connectivity index (χ1v) is 22.1.